The predicted octanol–water partition coefficient (Wildman–Crippen LogP) is 3.56. The molecule has 0 aliphatic heterocycles. The molecule has 0 radical (unpaired) electrons. The smallest absolute Gasteiger partial charge is 0.0625 e. The summed E-state index contributed by atoms with van der Waals surface area (Å²) in [6.07, 6.45) is 1.31. The maximum Gasteiger partial charge on any atom is 0.0625 e. The van der Waals surface area contributed by atoms with Gasteiger partial charge in [0.1, 0.15) is 0 Å². The summed E-state index contributed by atoms with van der Waals surface area (Å²) >= 11 is 9.16. The molecule has 0 saturated carbocycles. The van der Waals surface area contributed by atoms with Crippen molar-refractivity contribution in [3.05, 3.63) is 33.3 Å². The number of aryl methyl sites for hydroxylation is 1. The molecule has 62 valence electrons. The van der Waals surface area contributed by atoms with Crippen LogP contribution < -0.4 is 0 Å². The lowest BCUT2D eigenvalue weighted by Gasteiger charge is -1.99. The summed E-state index contributed by atoms with van der Waals surface area (Å²) in [5.74, 6) is 0. The first-order valence-corrected chi connectivity index (χ1v) is 4.72. The van der Waals surface area contributed by atoms with Crippen LogP contribution in [0.2, 0.25) is 5.02 Å². The Bertz CT molecular complexity index is 317. The Hall–Kier alpha value is -0.520. The highest BCUT2D eigenvalue weighted by atomic mass is 79.9. The molecule has 12 heavy (non-hydrogen) atoms. The minimum Gasteiger partial charge on any atom is -0.198 e. The Kier molecular flexibility index (Phi) is 3.58. The van der Waals surface area contributed by atoms with Gasteiger partial charge in [-0.1, -0.05) is 17.7 Å². The second-order valence-corrected chi connectivity index (χ2v) is 3.67. The van der Waals surface area contributed by atoms with E-state index in [1.807, 2.05) is 18.2 Å². The monoisotopic (exact) mass is 243 g/mol. The van der Waals surface area contributed by atoms with Crippen LogP contribution in [-0.2, 0) is 6.42 Å². The predicted molar refractivity (Wildman–Crippen MR) is 53.1 cm³/mol. The van der Waals surface area contributed by atoms with Crippen LogP contribution in [0, 0.1) is 11.3 Å². The third-order valence-corrected chi connectivity index (χ3v) is 2.74. The third kappa shape index (κ3) is 2.51. The molecule has 0 aliphatic carbocycles. The average molecular weight is 245 g/mol. The molecule has 0 fully saturated rings. The van der Waals surface area contributed by atoms with E-state index in [1.165, 1.54) is 0 Å². The van der Waals surface area contributed by atoms with Gasteiger partial charge in [0.15, 0.2) is 0 Å². The molecule has 1 rings (SSSR count). The summed E-state index contributed by atoms with van der Waals surface area (Å²) in [4.78, 5) is 0. The summed E-state index contributed by atoms with van der Waals surface area (Å²) in [7, 11) is 0. The van der Waals surface area contributed by atoms with Gasteiger partial charge in [-0.25, -0.2) is 0 Å². The molecule has 0 spiro atoms. The van der Waals surface area contributed by atoms with Crippen molar-refractivity contribution in [3.8, 4) is 6.07 Å². The molecule has 0 bridgehead atoms. The van der Waals surface area contributed by atoms with Gasteiger partial charge in [-0.2, -0.15) is 5.26 Å². The van der Waals surface area contributed by atoms with Gasteiger partial charge in [0.05, 0.1) is 11.1 Å². The zero-order chi connectivity index (χ0) is 8.97. The van der Waals surface area contributed by atoms with Crippen molar-refractivity contribution in [2.45, 2.75) is 12.8 Å². The lowest BCUT2D eigenvalue weighted by Crippen LogP contribution is -1.83. The van der Waals surface area contributed by atoms with Gasteiger partial charge < -0.3 is 0 Å². The molecular weight excluding hydrogens is 237 g/mol. The Morgan fingerprint density at radius 2 is 2.25 bits per heavy atom. The van der Waals surface area contributed by atoms with Crippen molar-refractivity contribution in [2.75, 3.05) is 0 Å². The summed E-state index contributed by atoms with van der Waals surface area (Å²) in [6, 6.07) is 7.84. The van der Waals surface area contributed by atoms with Crippen LogP contribution in [0.25, 0.3) is 0 Å². The van der Waals surface area contributed by atoms with Crippen LogP contribution >= 0.6 is 27.5 Å². The van der Waals surface area contributed by atoms with E-state index in [2.05, 4.69) is 22.0 Å². The number of hydrogen-bond acceptors (Lipinski definition) is 1. The van der Waals surface area contributed by atoms with Crippen LogP contribution in [0.5, 0.6) is 0 Å². The number of rotatable bonds is 2. The van der Waals surface area contributed by atoms with Gasteiger partial charge in [-0.3, -0.25) is 0 Å². The Balaban J connectivity index is 2.77. The fourth-order valence-corrected chi connectivity index (χ4v) is 1.35. The Labute approximate surface area is 85.1 Å². The highest BCUT2D eigenvalue weighted by Gasteiger charge is 1.98. The van der Waals surface area contributed by atoms with Gasteiger partial charge in [0.2, 0.25) is 0 Å². The molecular formula is C9H7BrClN. The van der Waals surface area contributed by atoms with Crippen LogP contribution in [0.4, 0.5) is 0 Å². The molecule has 0 saturated heterocycles. The molecule has 0 aliphatic rings. The Morgan fingerprint density at radius 3 is 2.83 bits per heavy atom. The summed E-state index contributed by atoms with van der Waals surface area (Å²) in [6.45, 7) is 0. The maximum absolute atomic E-state index is 8.36. The second kappa shape index (κ2) is 4.49. The van der Waals surface area contributed by atoms with E-state index in [4.69, 9.17) is 16.9 Å². The molecule has 0 unspecified atom stereocenters. The summed E-state index contributed by atoms with van der Waals surface area (Å²) in [5, 5.41) is 9.06. The van der Waals surface area contributed by atoms with Gasteiger partial charge >= 0.3 is 0 Å². The maximum atomic E-state index is 8.36. The van der Waals surface area contributed by atoms with E-state index in [9.17, 15) is 0 Å². The second-order valence-electron chi connectivity index (χ2n) is 2.41. The molecule has 0 heterocycles. The van der Waals surface area contributed by atoms with E-state index in [0.29, 0.717) is 11.4 Å². The lowest BCUT2D eigenvalue weighted by molar-refractivity contribution is 1.01. The van der Waals surface area contributed by atoms with Crippen LogP contribution in [0.3, 0.4) is 0 Å². The van der Waals surface area contributed by atoms with Gasteiger partial charge in [-0.15, -0.1) is 0 Å². The summed E-state index contributed by atoms with van der Waals surface area (Å²) < 4.78 is 0.893. The molecule has 1 aromatic rings. The van der Waals surface area contributed by atoms with Crippen molar-refractivity contribution < 1.29 is 0 Å². The van der Waals surface area contributed by atoms with Crippen LogP contribution in [0.15, 0.2) is 22.7 Å². The van der Waals surface area contributed by atoms with Crippen LogP contribution in [-0.4, -0.2) is 0 Å². The van der Waals surface area contributed by atoms with Crippen molar-refractivity contribution in [1.82, 2.24) is 0 Å². The number of benzene rings is 1. The number of nitriles is 1. The van der Waals surface area contributed by atoms with E-state index in [-0.39, 0.29) is 0 Å². The van der Waals surface area contributed by atoms with Crippen LogP contribution in [0.1, 0.15) is 12.0 Å². The molecule has 0 atom stereocenters. The van der Waals surface area contributed by atoms with E-state index in [0.717, 1.165) is 16.5 Å². The van der Waals surface area contributed by atoms with E-state index in [1.54, 1.807) is 0 Å². The summed E-state index contributed by atoms with van der Waals surface area (Å²) in [5.41, 5.74) is 1.10. The van der Waals surface area contributed by atoms with Crippen molar-refractivity contribution in [1.29, 1.82) is 5.26 Å². The quantitative estimate of drug-likeness (QED) is 0.780. The SMILES string of the molecule is N#CCCc1ccc(Br)c(Cl)c1. The van der Waals surface area contributed by atoms with E-state index < -0.39 is 0 Å². The first kappa shape index (κ1) is 9.57. The number of nitrogens with zero attached hydrogens (tertiary/aromatic N) is 1. The minimum atomic E-state index is 0.540. The van der Waals surface area contributed by atoms with Gasteiger partial charge in [0, 0.05) is 10.9 Å². The Morgan fingerprint density at radius 1 is 1.50 bits per heavy atom. The first-order valence-electron chi connectivity index (χ1n) is 3.55. The highest BCUT2D eigenvalue weighted by Crippen LogP contribution is 2.23. The van der Waals surface area contributed by atoms with Crippen molar-refractivity contribution in [3.63, 3.8) is 0 Å². The largest absolute Gasteiger partial charge is 0.198 e. The molecule has 0 amide bonds. The molecule has 1 nitrogen and oxygen atoms in total. The number of hydrogen-bond donors (Lipinski definition) is 0. The third-order valence-electron chi connectivity index (χ3n) is 1.51. The standard InChI is InChI=1S/C9H7BrClN/c10-8-4-3-7(2-1-5-12)6-9(8)11/h3-4,6H,1-2H2. The number of halogens is 2. The molecule has 3 heteroatoms. The molecule has 0 aromatic heterocycles. The van der Waals surface area contributed by atoms with Gasteiger partial charge in [0.25, 0.3) is 0 Å². The average Bonchev–Trinajstić information content (AvgIpc) is 2.07. The van der Waals surface area contributed by atoms with E-state index >= 15 is 0 Å². The normalized spacial score (nSPS) is 9.42. The zero-order valence-electron chi connectivity index (χ0n) is 6.35. The first-order chi connectivity index (χ1) is 5.74. The molecule has 1 aromatic carbocycles. The van der Waals surface area contributed by atoms with Crippen molar-refractivity contribution in [2.24, 2.45) is 0 Å². The highest BCUT2D eigenvalue weighted by molar-refractivity contribution is 9.10. The fourth-order valence-electron chi connectivity index (χ4n) is 0.895. The van der Waals surface area contributed by atoms with Crippen molar-refractivity contribution >= 4 is 27.5 Å². The minimum absolute atomic E-state index is 0.540. The lowest BCUT2D eigenvalue weighted by atomic mass is 10.1. The molecule has 0 N–H and O–H groups in total. The van der Waals surface area contributed by atoms with Gasteiger partial charge in [-0.05, 0) is 40.0 Å². The fraction of sp³-hybridized carbons (Fsp3) is 0.222. The zero-order valence-corrected chi connectivity index (χ0v) is 8.69. The topological polar surface area (TPSA) is 23.8 Å².